The Morgan fingerprint density at radius 3 is 2.56 bits per heavy atom. The normalized spacial score (nSPS) is 12.7. The fourth-order valence-electron chi connectivity index (χ4n) is 1.28. The van der Waals surface area contributed by atoms with Crippen LogP contribution in [0, 0.1) is 0 Å². The number of hydrogen-bond acceptors (Lipinski definition) is 3. The molecule has 0 unspecified atom stereocenters. The first kappa shape index (κ1) is 14.4. The third-order valence-corrected chi connectivity index (χ3v) is 3.76. The molecule has 1 rings (SSSR count). The summed E-state index contributed by atoms with van der Waals surface area (Å²) in [6.45, 7) is 5.25. The highest BCUT2D eigenvalue weighted by Crippen LogP contribution is 2.07. The van der Waals surface area contributed by atoms with Crippen LogP contribution in [-0.4, -0.2) is 26.9 Å². The van der Waals surface area contributed by atoms with Crippen LogP contribution in [0.2, 0.25) is 0 Å². The van der Waals surface area contributed by atoms with Crippen molar-refractivity contribution in [3.8, 4) is 0 Å². The molecular formula is C12H16N2O3S. The maximum atomic E-state index is 11.9. The first-order valence-corrected chi connectivity index (χ1v) is 6.91. The smallest absolute Gasteiger partial charge is 0.241 e. The minimum atomic E-state index is -3.67. The van der Waals surface area contributed by atoms with Crippen LogP contribution in [0.3, 0.4) is 0 Å². The molecule has 5 nitrogen and oxygen atoms in total. The molecule has 0 aromatic heterocycles. The van der Waals surface area contributed by atoms with Gasteiger partial charge in [-0.2, -0.15) is 4.72 Å². The number of carbonyl (C=O) groups is 1. The van der Waals surface area contributed by atoms with Gasteiger partial charge in [0.25, 0.3) is 0 Å². The van der Waals surface area contributed by atoms with Crippen molar-refractivity contribution in [3.63, 3.8) is 0 Å². The van der Waals surface area contributed by atoms with Crippen molar-refractivity contribution < 1.29 is 13.2 Å². The summed E-state index contributed by atoms with van der Waals surface area (Å²) in [4.78, 5) is 11.7. The average Bonchev–Trinajstić information content (AvgIpc) is 2.36. The number of benzene rings is 1. The van der Waals surface area contributed by atoms with Gasteiger partial charge < -0.3 is 5.32 Å². The van der Waals surface area contributed by atoms with E-state index < -0.39 is 22.0 Å². The van der Waals surface area contributed by atoms with E-state index in [2.05, 4.69) is 16.6 Å². The zero-order chi connectivity index (χ0) is 13.6. The summed E-state index contributed by atoms with van der Waals surface area (Å²) < 4.78 is 26.1. The molecule has 18 heavy (non-hydrogen) atoms. The lowest BCUT2D eigenvalue weighted by Gasteiger charge is -2.13. The molecule has 0 bridgehead atoms. The summed E-state index contributed by atoms with van der Waals surface area (Å²) in [5.41, 5.74) is 0. The van der Waals surface area contributed by atoms with Crippen LogP contribution in [0.4, 0.5) is 0 Å². The Morgan fingerprint density at radius 1 is 1.39 bits per heavy atom. The molecule has 0 saturated heterocycles. The number of carbonyl (C=O) groups excluding carboxylic acids is 1. The van der Waals surface area contributed by atoms with Gasteiger partial charge in [-0.15, -0.1) is 6.58 Å². The maximum Gasteiger partial charge on any atom is 0.241 e. The first-order chi connectivity index (χ1) is 8.47. The van der Waals surface area contributed by atoms with E-state index in [0.717, 1.165) is 0 Å². The zero-order valence-electron chi connectivity index (χ0n) is 10.1. The molecular weight excluding hydrogens is 252 g/mol. The molecule has 0 radical (unpaired) electrons. The Balaban J connectivity index is 2.72. The number of hydrogen-bond donors (Lipinski definition) is 2. The molecule has 1 aromatic carbocycles. The van der Waals surface area contributed by atoms with Crippen LogP contribution in [0.1, 0.15) is 6.92 Å². The van der Waals surface area contributed by atoms with Crippen molar-refractivity contribution in [1.29, 1.82) is 0 Å². The van der Waals surface area contributed by atoms with Gasteiger partial charge in [0.1, 0.15) is 0 Å². The van der Waals surface area contributed by atoms with E-state index in [0.29, 0.717) is 6.54 Å². The summed E-state index contributed by atoms with van der Waals surface area (Å²) in [6.07, 6.45) is 1.52. The van der Waals surface area contributed by atoms with E-state index in [1.165, 1.54) is 25.1 Å². The summed E-state index contributed by atoms with van der Waals surface area (Å²) in [5, 5.41) is 2.52. The van der Waals surface area contributed by atoms with Crippen LogP contribution in [-0.2, 0) is 14.8 Å². The molecule has 1 amide bonds. The van der Waals surface area contributed by atoms with Crippen LogP contribution in [0.15, 0.2) is 47.9 Å². The highest BCUT2D eigenvalue weighted by Gasteiger charge is 2.21. The standard InChI is InChI=1S/C12H16N2O3S/c1-3-9-13-12(15)10(2)14-18(16,17)11-7-5-4-6-8-11/h3-8,10,14H,1,9H2,2H3,(H,13,15)/t10-/m1/s1. The summed E-state index contributed by atoms with van der Waals surface area (Å²) in [6, 6.07) is 7.07. The summed E-state index contributed by atoms with van der Waals surface area (Å²) in [7, 11) is -3.67. The predicted molar refractivity (Wildman–Crippen MR) is 69.4 cm³/mol. The third-order valence-electron chi connectivity index (χ3n) is 2.20. The lowest BCUT2D eigenvalue weighted by Crippen LogP contribution is -2.44. The van der Waals surface area contributed by atoms with Gasteiger partial charge in [-0.3, -0.25) is 4.79 Å². The van der Waals surface area contributed by atoms with Crippen LogP contribution < -0.4 is 10.0 Å². The SMILES string of the molecule is C=CCNC(=O)[C@@H](C)NS(=O)(=O)c1ccccc1. The lowest BCUT2D eigenvalue weighted by molar-refractivity contribution is -0.122. The third kappa shape index (κ3) is 3.97. The summed E-state index contributed by atoms with van der Waals surface area (Å²) >= 11 is 0. The van der Waals surface area contributed by atoms with E-state index in [1.54, 1.807) is 18.2 Å². The van der Waals surface area contributed by atoms with E-state index in [1.807, 2.05) is 0 Å². The minimum Gasteiger partial charge on any atom is -0.351 e. The monoisotopic (exact) mass is 268 g/mol. The number of nitrogens with one attached hydrogen (secondary N) is 2. The predicted octanol–water partition coefficient (Wildman–Crippen LogP) is 0.656. The molecule has 0 aliphatic rings. The van der Waals surface area contributed by atoms with Crippen LogP contribution in [0.25, 0.3) is 0 Å². The van der Waals surface area contributed by atoms with Crippen molar-refractivity contribution in [2.24, 2.45) is 0 Å². The van der Waals surface area contributed by atoms with Gasteiger partial charge in [-0.25, -0.2) is 8.42 Å². The van der Waals surface area contributed by atoms with E-state index in [9.17, 15) is 13.2 Å². The van der Waals surface area contributed by atoms with Gasteiger partial charge in [0.05, 0.1) is 10.9 Å². The second-order valence-electron chi connectivity index (χ2n) is 3.69. The molecule has 1 aromatic rings. The molecule has 0 aliphatic heterocycles. The topological polar surface area (TPSA) is 75.3 Å². The quantitative estimate of drug-likeness (QED) is 0.744. The highest BCUT2D eigenvalue weighted by atomic mass is 32.2. The van der Waals surface area contributed by atoms with Gasteiger partial charge in [0.15, 0.2) is 0 Å². The Hall–Kier alpha value is -1.66. The molecule has 2 N–H and O–H groups in total. The summed E-state index contributed by atoms with van der Waals surface area (Å²) in [5.74, 6) is -0.394. The van der Waals surface area contributed by atoms with Crippen molar-refractivity contribution in [1.82, 2.24) is 10.0 Å². The van der Waals surface area contributed by atoms with E-state index in [-0.39, 0.29) is 4.90 Å². The van der Waals surface area contributed by atoms with Crippen molar-refractivity contribution in [2.75, 3.05) is 6.54 Å². The maximum absolute atomic E-state index is 11.9. The molecule has 0 saturated carbocycles. The fourth-order valence-corrected chi connectivity index (χ4v) is 2.50. The average molecular weight is 268 g/mol. The van der Waals surface area contributed by atoms with Crippen molar-refractivity contribution >= 4 is 15.9 Å². The van der Waals surface area contributed by atoms with Crippen LogP contribution >= 0.6 is 0 Å². The van der Waals surface area contributed by atoms with Gasteiger partial charge in [0.2, 0.25) is 15.9 Å². The largest absolute Gasteiger partial charge is 0.351 e. The van der Waals surface area contributed by atoms with Gasteiger partial charge >= 0.3 is 0 Å². The van der Waals surface area contributed by atoms with Crippen LogP contribution in [0.5, 0.6) is 0 Å². The Labute approximate surface area is 107 Å². The second-order valence-corrected chi connectivity index (χ2v) is 5.40. The number of rotatable bonds is 6. The first-order valence-electron chi connectivity index (χ1n) is 5.43. The zero-order valence-corrected chi connectivity index (χ0v) is 10.9. The molecule has 0 fully saturated rings. The van der Waals surface area contributed by atoms with E-state index in [4.69, 9.17) is 0 Å². The molecule has 6 heteroatoms. The van der Waals surface area contributed by atoms with Gasteiger partial charge in [0, 0.05) is 6.54 Å². The number of sulfonamides is 1. The van der Waals surface area contributed by atoms with Gasteiger partial charge in [-0.1, -0.05) is 24.3 Å². The molecule has 0 aliphatic carbocycles. The number of amides is 1. The Bertz CT molecular complexity index is 511. The lowest BCUT2D eigenvalue weighted by atomic mass is 10.3. The Morgan fingerprint density at radius 2 is 2.00 bits per heavy atom. The molecule has 0 heterocycles. The minimum absolute atomic E-state index is 0.133. The molecule has 0 spiro atoms. The fraction of sp³-hybridized carbons (Fsp3) is 0.250. The van der Waals surface area contributed by atoms with Crippen molar-refractivity contribution in [3.05, 3.63) is 43.0 Å². The second kappa shape index (κ2) is 6.32. The molecule has 98 valence electrons. The molecule has 1 atom stereocenters. The van der Waals surface area contributed by atoms with Crippen molar-refractivity contribution in [2.45, 2.75) is 17.9 Å². The Kier molecular flexibility index (Phi) is 5.06. The highest BCUT2D eigenvalue weighted by molar-refractivity contribution is 7.89. The van der Waals surface area contributed by atoms with E-state index >= 15 is 0 Å². The van der Waals surface area contributed by atoms with Gasteiger partial charge in [-0.05, 0) is 19.1 Å².